The van der Waals surface area contributed by atoms with Crippen molar-refractivity contribution in [3.05, 3.63) is 45.4 Å². The molecule has 2 aromatic rings. The molecule has 3 nitrogen and oxygen atoms in total. The van der Waals surface area contributed by atoms with Crippen molar-refractivity contribution in [1.29, 1.82) is 0 Å². The molecular weight excluding hydrogens is 317 g/mol. The van der Waals surface area contributed by atoms with Crippen molar-refractivity contribution in [3.63, 3.8) is 0 Å². The summed E-state index contributed by atoms with van der Waals surface area (Å²) in [7, 11) is 0. The Morgan fingerprint density at radius 2 is 2.11 bits per heavy atom. The molecule has 0 fully saturated rings. The van der Waals surface area contributed by atoms with Crippen molar-refractivity contribution in [1.82, 2.24) is 9.78 Å². The number of hydrogen-bond donors (Lipinski definition) is 1. The number of aromatic nitrogens is 2. The molecule has 2 rings (SSSR count). The molecule has 0 aliphatic carbocycles. The van der Waals surface area contributed by atoms with Gasteiger partial charge in [-0.25, -0.2) is 9.07 Å². The van der Waals surface area contributed by atoms with E-state index in [2.05, 4.69) is 21.0 Å². The van der Waals surface area contributed by atoms with Crippen molar-refractivity contribution >= 4 is 33.1 Å². The highest BCUT2D eigenvalue weighted by molar-refractivity contribution is 9.10. The minimum Gasteiger partial charge on any atom is -0.389 e. The Morgan fingerprint density at radius 3 is 2.61 bits per heavy atom. The number of halogens is 2. The van der Waals surface area contributed by atoms with Crippen LogP contribution < -0.4 is 5.73 Å². The fourth-order valence-corrected chi connectivity index (χ4v) is 2.24. The number of benzene rings is 1. The van der Waals surface area contributed by atoms with Crippen LogP contribution in [0.2, 0.25) is 0 Å². The van der Waals surface area contributed by atoms with Crippen LogP contribution in [-0.2, 0) is 0 Å². The van der Waals surface area contributed by atoms with Crippen molar-refractivity contribution in [2.45, 2.75) is 13.8 Å². The van der Waals surface area contributed by atoms with E-state index in [9.17, 15) is 4.39 Å². The summed E-state index contributed by atoms with van der Waals surface area (Å²) in [6.45, 7) is 3.76. The quantitative estimate of drug-likeness (QED) is 0.862. The van der Waals surface area contributed by atoms with Gasteiger partial charge in [0, 0.05) is 0 Å². The van der Waals surface area contributed by atoms with E-state index in [0.717, 1.165) is 15.9 Å². The molecule has 0 aliphatic rings. The molecule has 0 atom stereocenters. The molecule has 1 aromatic carbocycles. The molecule has 1 aromatic heterocycles. The highest BCUT2D eigenvalue weighted by atomic mass is 79.9. The topological polar surface area (TPSA) is 43.8 Å². The van der Waals surface area contributed by atoms with Crippen molar-refractivity contribution in [3.8, 4) is 5.69 Å². The number of rotatable bonds is 2. The Balaban J connectivity index is 2.75. The van der Waals surface area contributed by atoms with Crippen LogP contribution in [0.5, 0.6) is 0 Å². The van der Waals surface area contributed by atoms with Crippen LogP contribution >= 0.6 is 28.1 Å². The SMILES string of the molecule is Cc1nn(-c2cccc(F)c2C(N)=S)c(C)c1Br. The molecular formula is C12H11BrFN3S. The predicted octanol–water partition coefficient (Wildman–Crippen LogP) is 3.02. The van der Waals surface area contributed by atoms with E-state index in [1.807, 2.05) is 13.8 Å². The van der Waals surface area contributed by atoms with Crippen LogP contribution in [0.1, 0.15) is 17.0 Å². The van der Waals surface area contributed by atoms with Gasteiger partial charge in [-0.05, 0) is 41.9 Å². The first-order valence-corrected chi connectivity index (χ1v) is 6.44. The van der Waals surface area contributed by atoms with Crippen LogP contribution in [-0.4, -0.2) is 14.8 Å². The summed E-state index contributed by atoms with van der Waals surface area (Å²) in [4.78, 5) is 0.0202. The molecule has 0 aliphatic heterocycles. The summed E-state index contributed by atoms with van der Waals surface area (Å²) >= 11 is 8.34. The first-order chi connectivity index (χ1) is 8.43. The molecule has 18 heavy (non-hydrogen) atoms. The molecule has 2 N–H and O–H groups in total. The molecule has 0 radical (unpaired) electrons. The van der Waals surface area contributed by atoms with E-state index in [1.165, 1.54) is 6.07 Å². The molecule has 6 heteroatoms. The zero-order chi connectivity index (χ0) is 13.4. The van der Waals surface area contributed by atoms with Gasteiger partial charge in [0.15, 0.2) is 0 Å². The summed E-state index contributed by atoms with van der Waals surface area (Å²) in [5.41, 5.74) is 8.05. The third-order valence-corrected chi connectivity index (χ3v) is 4.02. The van der Waals surface area contributed by atoms with Gasteiger partial charge in [0.25, 0.3) is 0 Å². The fraction of sp³-hybridized carbons (Fsp3) is 0.167. The summed E-state index contributed by atoms with van der Waals surface area (Å²) in [5.74, 6) is -0.441. The van der Waals surface area contributed by atoms with Crippen LogP contribution in [0.3, 0.4) is 0 Å². The number of nitrogens with zero attached hydrogens (tertiary/aromatic N) is 2. The molecule has 1 heterocycles. The first-order valence-electron chi connectivity index (χ1n) is 5.24. The van der Waals surface area contributed by atoms with E-state index >= 15 is 0 Å². The highest BCUT2D eigenvalue weighted by Crippen LogP contribution is 2.25. The summed E-state index contributed by atoms with van der Waals surface area (Å²) in [6.07, 6.45) is 0. The minimum atomic E-state index is -0.441. The van der Waals surface area contributed by atoms with Crippen molar-refractivity contribution in [2.24, 2.45) is 5.73 Å². The van der Waals surface area contributed by atoms with Crippen LogP contribution in [0.15, 0.2) is 22.7 Å². The zero-order valence-electron chi connectivity index (χ0n) is 9.87. The van der Waals surface area contributed by atoms with Gasteiger partial charge in [-0.15, -0.1) is 0 Å². The van der Waals surface area contributed by atoms with Gasteiger partial charge in [0.1, 0.15) is 10.8 Å². The Morgan fingerprint density at radius 1 is 1.44 bits per heavy atom. The Labute approximate surface area is 118 Å². The second-order valence-corrected chi connectivity index (χ2v) is 5.13. The lowest BCUT2D eigenvalue weighted by Gasteiger charge is -2.10. The summed E-state index contributed by atoms with van der Waals surface area (Å²) in [6, 6.07) is 4.68. The highest BCUT2D eigenvalue weighted by Gasteiger charge is 2.17. The normalized spacial score (nSPS) is 10.7. The molecule has 0 saturated carbocycles. The Kier molecular flexibility index (Phi) is 3.49. The van der Waals surface area contributed by atoms with Gasteiger partial charge in [-0.3, -0.25) is 0 Å². The van der Waals surface area contributed by atoms with Crippen LogP contribution in [0.4, 0.5) is 4.39 Å². The second-order valence-electron chi connectivity index (χ2n) is 3.89. The van der Waals surface area contributed by atoms with Gasteiger partial charge in [0.2, 0.25) is 0 Å². The number of hydrogen-bond acceptors (Lipinski definition) is 2. The predicted molar refractivity (Wildman–Crippen MR) is 76.6 cm³/mol. The lowest BCUT2D eigenvalue weighted by molar-refractivity contribution is 0.622. The van der Waals surface area contributed by atoms with Crippen molar-refractivity contribution in [2.75, 3.05) is 0 Å². The fourth-order valence-electron chi connectivity index (χ4n) is 1.79. The summed E-state index contributed by atoms with van der Waals surface area (Å²) < 4.78 is 16.3. The lowest BCUT2D eigenvalue weighted by Crippen LogP contribution is -2.16. The largest absolute Gasteiger partial charge is 0.389 e. The minimum absolute atomic E-state index is 0.0202. The average Bonchev–Trinajstić information content (AvgIpc) is 2.56. The van der Waals surface area contributed by atoms with E-state index in [-0.39, 0.29) is 10.6 Å². The smallest absolute Gasteiger partial charge is 0.135 e. The average molecular weight is 328 g/mol. The standard InChI is InChI=1S/C12H11BrFN3S/c1-6-11(13)7(2)17(16-6)9-5-3-4-8(14)10(9)12(15)18/h3-5H,1-2H3,(H2,15,18). The Hall–Kier alpha value is -1.27. The van der Waals surface area contributed by atoms with E-state index in [4.69, 9.17) is 18.0 Å². The van der Waals surface area contributed by atoms with Gasteiger partial charge < -0.3 is 5.73 Å². The number of aryl methyl sites for hydroxylation is 1. The Bertz CT molecular complexity index is 636. The maximum absolute atomic E-state index is 13.8. The van der Waals surface area contributed by atoms with Crippen molar-refractivity contribution < 1.29 is 4.39 Å². The zero-order valence-corrected chi connectivity index (χ0v) is 12.3. The molecule has 94 valence electrons. The maximum Gasteiger partial charge on any atom is 0.135 e. The van der Waals surface area contributed by atoms with Gasteiger partial charge >= 0.3 is 0 Å². The monoisotopic (exact) mass is 327 g/mol. The third kappa shape index (κ3) is 2.06. The third-order valence-electron chi connectivity index (χ3n) is 2.67. The molecule has 0 saturated heterocycles. The maximum atomic E-state index is 13.8. The second kappa shape index (κ2) is 4.78. The molecule has 0 amide bonds. The van der Waals surface area contributed by atoms with E-state index in [0.29, 0.717) is 5.69 Å². The van der Waals surface area contributed by atoms with E-state index < -0.39 is 5.82 Å². The number of nitrogens with two attached hydrogens (primary N) is 1. The van der Waals surface area contributed by atoms with Gasteiger partial charge in [-0.2, -0.15) is 5.10 Å². The first kappa shape index (κ1) is 13.2. The molecule has 0 unspecified atom stereocenters. The van der Waals surface area contributed by atoms with Gasteiger partial charge in [0.05, 0.1) is 27.1 Å². The summed E-state index contributed by atoms with van der Waals surface area (Å²) in [5, 5.41) is 4.35. The molecule has 0 spiro atoms. The lowest BCUT2D eigenvalue weighted by atomic mass is 10.1. The molecule has 0 bridgehead atoms. The van der Waals surface area contributed by atoms with Gasteiger partial charge in [-0.1, -0.05) is 18.3 Å². The van der Waals surface area contributed by atoms with E-state index in [1.54, 1.807) is 16.8 Å². The number of thiocarbonyl (C=S) groups is 1. The van der Waals surface area contributed by atoms with Crippen LogP contribution in [0, 0.1) is 19.7 Å². The van der Waals surface area contributed by atoms with Crippen LogP contribution in [0.25, 0.3) is 5.69 Å².